The number of sulfone groups is 1. The number of nitrogens with zero attached hydrogens (tertiary/aromatic N) is 1. The normalized spacial score (nSPS) is 20.1. The van der Waals surface area contributed by atoms with Crippen LogP contribution in [0, 0.1) is 11.3 Å². The molecule has 1 amide bonds. The number of hydrogen-bond donors (Lipinski definition) is 1. The predicted octanol–water partition coefficient (Wildman–Crippen LogP) is 2.98. The van der Waals surface area contributed by atoms with E-state index in [1.807, 2.05) is 0 Å². The van der Waals surface area contributed by atoms with Gasteiger partial charge in [-0.1, -0.05) is 31.4 Å². The highest BCUT2D eigenvalue weighted by Gasteiger charge is 2.51. The molecule has 0 aromatic heterocycles. The fraction of sp³-hybridized carbons (Fsp3) is 0.474. The molecule has 2 aliphatic rings. The van der Waals surface area contributed by atoms with E-state index in [9.17, 15) is 13.2 Å². The second-order valence-electron chi connectivity index (χ2n) is 6.89. The lowest BCUT2D eigenvalue weighted by atomic mass is 9.92. The fourth-order valence-electron chi connectivity index (χ4n) is 3.50. The molecule has 0 spiro atoms. The Morgan fingerprint density at radius 1 is 1.16 bits per heavy atom. The standard InChI is InChI=1S/C19H22N2O3S/c20-13-4-14-25(23,24)17-9-7-15(8-10-17)19(11-12-19)18(22)21-16-5-2-1-3-6-16/h4,7-10,14,16H,1-3,5-6,11-12H2,(H,21,22). The van der Waals surface area contributed by atoms with E-state index in [1.165, 1.54) is 31.4 Å². The van der Waals surface area contributed by atoms with Crippen LogP contribution in [0.4, 0.5) is 0 Å². The Hall–Kier alpha value is -2.13. The van der Waals surface area contributed by atoms with Crippen LogP contribution in [0.1, 0.15) is 50.5 Å². The third-order valence-electron chi connectivity index (χ3n) is 5.18. The van der Waals surface area contributed by atoms with Gasteiger partial charge in [0.25, 0.3) is 0 Å². The van der Waals surface area contributed by atoms with Gasteiger partial charge < -0.3 is 5.32 Å². The van der Waals surface area contributed by atoms with Crippen molar-refractivity contribution in [2.45, 2.75) is 61.3 Å². The number of carbonyl (C=O) groups is 1. The third kappa shape index (κ3) is 3.77. The van der Waals surface area contributed by atoms with Crippen LogP contribution < -0.4 is 5.32 Å². The highest BCUT2D eigenvalue weighted by atomic mass is 32.2. The third-order valence-corrected chi connectivity index (χ3v) is 6.61. The monoisotopic (exact) mass is 358 g/mol. The average Bonchev–Trinajstić information content (AvgIpc) is 3.43. The molecule has 6 heteroatoms. The Labute approximate surface area is 148 Å². The van der Waals surface area contributed by atoms with Crippen molar-refractivity contribution in [2.24, 2.45) is 0 Å². The Kier molecular flexibility index (Phi) is 4.96. The zero-order chi connectivity index (χ0) is 17.9. The van der Waals surface area contributed by atoms with Crippen LogP contribution >= 0.6 is 0 Å². The van der Waals surface area contributed by atoms with Gasteiger partial charge in [0, 0.05) is 17.5 Å². The molecule has 3 rings (SSSR count). The van der Waals surface area contributed by atoms with Crippen molar-refractivity contribution in [3.8, 4) is 6.07 Å². The molecule has 0 atom stereocenters. The van der Waals surface area contributed by atoms with E-state index in [0.717, 1.165) is 42.7 Å². The molecule has 0 heterocycles. The van der Waals surface area contributed by atoms with Crippen molar-refractivity contribution >= 4 is 15.7 Å². The lowest BCUT2D eigenvalue weighted by molar-refractivity contribution is -0.124. The van der Waals surface area contributed by atoms with Crippen molar-refractivity contribution in [3.05, 3.63) is 41.3 Å². The van der Waals surface area contributed by atoms with Gasteiger partial charge in [-0.15, -0.1) is 0 Å². The Morgan fingerprint density at radius 2 is 1.80 bits per heavy atom. The van der Waals surface area contributed by atoms with E-state index in [2.05, 4.69) is 5.32 Å². The van der Waals surface area contributed by atoms with Crippen molar-refractivity contribution in [3.63, 3.8) is 0 Å². The first-order valence-electron chi connectivity index (χ1n) is 8.71. The number of hydrogen-bond acceptors (Lipinski definition) is 4. The van der Waals surface area contributed by atoms with Crippen molar-refractivity contribution in [1.29, 1.82) is 5.26 Å². The van der Waals surface area contributed by atoms with E-state index in [-0.39, 0.29) is 16.8 Å². The molecule has 0 bridgehead atoms. The maximum absolute atomic E-state index is 12.7. The Bertz CT molecular complexity index is 809. The zero-order valence-electron chi connectivity index (χ0n) is 14.1. The molecule has 0 aliphatic heterocycles. The summed E-state index contributed by atoms with van der Waals surface area (Å²) in [6.07, 6.45) is 8.21. The van der Waals surface area contributed by atoms with Gasteiger partial charge in [0.1, 0.15) is 0 Å². The fourth-order valence-corrected chi connectivity index (χ4v) is 4.42. The first kappa shape index (κ1) is 17.7. The van der Waals surface area contributed by atoms with Crippen molar-refractivity contribution in [2.75, 3.05) is 0 Å². The maximum atomic E-state index is 12.7. The molecule has 1 aromatic carbocycles. The van der Waals surface area contributed by atoms with Gasteiger partial charge in [-0.3, -0.25) is 4.79 Å². The van der Waals surface area contributed by atoms with Crippen molar-refractivity contribution < 1.29 is 13.2 Å². The van der Waals surface area contributed by atoms with Crippen LogP contribution in [0.25, 0.3) is 0 Å². The topological polar surface area (TPSA) is 87.0 Å². The largest absolute Gasteiger partial charge is 0.353 e. The molecule has 0 unspecified atom stereocenters. The van der Waals surface area contributed by atoms with E-state index >= 15 is 0 Å². The summed E-state index contributed by atoms with van der Waals surface area (Å²) < 4.78 is 24.1. The molecular formula is C19H22N2O3S. The minimum Gasteiger partial charge on any atom is -0.353 e. The highest BCUT2D eigenvalue weighted by Crippen LogP contribution is 2.48. The van der Waals surface area contributed by atoms with Gasteiger partial charge in [0.2, 0.25) is 15.7 Å². The molecule has 0 saturated heterocycles. The summed E-state index contributed by atoms with van der Waals surface area (Å²) in [6, 6.07) is 8.43. The summed E-state index contributed by atoms with van der Waals surface area (Å²) in [4.78, 5) is 12.9. The van der Waals surface area contributed by atoms with Gasteiger partial charge in [0.15, 0.2) is 0 Å². The van der Waals surface area contributed by atoms with Crippen LogP contribution in [0.3, 0.4) is 0 Å². The summed E-state index contributed by atoms with van der Waals surface area (Å²) in [5.74, 6) is 0.0689. The lowest BCUT2D eigenvalue weighted by Crippen LogP contribution is -2.42. The Morgan fingerprint density at radius 3 is 2.36 bits per heavy atom. The predicted molar refractivity (Wildman–Crippen MR) is 94.3 cm³/mol. The van der Waals surface area contributed by atoms with Crippen LogP contribution in [-0.2, 0) is 20.0 Å². The van der Waals surface area contributed by atoms with Gasteiger partial charge >= 0.3 is 0 Å². The van der Waals surface area contributed by atoms with E-state index in [0.29, 0.717) is 0 Å². The van der Waals surface area contributed by atoms with Gasteiger partial charge in [-0.2, -0.15) is 5.26 Å². The summed E-state index contributed by atoms with van der Waals surface area (Å²) in [5.41, 5.74) is 0.367. The molecule has 25 heavy (non-hydrogen) atoms. The molecule has 0 radical (unpaired) electrons. The number of allylic oxidation sites excluding steroid dienone is 1. The van der Waals surface area contributed by atoms with Crippen LogP contribution in [-0.4, -0.2) is 20.4 Å². The van der Waals surface area contributed by atoms with Crippen LogP contribution in [0.15, 0.2) is 40.6 Å². The smallest absolute Gasteiger partial charge is 0.230 e. The molecule has 132 valence electrons. The van der Waals surface area contributed by atoms with Crippen LogP contribution in [0.5, 0.6) is 0 Å². The molecule has 2 aliphatic carbocycles. The molecular weight excluding hydrogens is 336 g/mol. The van der Waals surface area contributed by atoms with Gasteiger partial charge in [-0.05, 0) is 43.4 Å². The zero-order valence-corrected chi connectivity index (χ0v) is 14.9. The number of carbonyl (C=O) groups excluding carboxylic acids is 1. The number of nitriles is 1. The number of nitrogens with one attached hydrogen (secondary N) is 1. The second kappa shape index (κ2) is 7.01. The number of benzene rings is 1. The first-order valence-corrected chi connectivity index (χ1v) is 10.3. The first-order chi connectivity index (χ1) is 12.0. The van der Waals surface area contributed by atoms with Gasteiger partial charge in [-0.25, -0.2) is 8.42 Å². The van der Waals surface area contributed by atoms with E-state index < -0.39 is 15.3 Å². The summed E-state index contributed by atoms with van der Waals surface area (Å²) in [7, 11) is -3.61. The maximum Gasteiger partial charge on any atom is 0.230 e. The SMILES string of the molecule is N#CC=CS(=O)(=O)c1ccc(C2(C(=O)NC3CCCCC3)CC2)cc1. The van der Waals surface area contributed by atoms with Crippen LogP contribution in [0.2, 0.25) is 0 Å². The number of rotatable bonds is 5. The summed E-state index contributed by atoms with van der Waals surface area (Å²) in [5, 5.41) is 12.6. The molecule has 1 aromatic rings. The highest BCUT2D eigenvalue weighted by molar-refractivity contribution is 7.94. The number of amides is 1. The molecule has 5 nitrogen and oxygen atoms in total. The Balaban J connectivity index is 1.74. The minimum absolute atomic E-state index is 0.0689. The lowest BCUT2D eigenvalue weighted by Gasteiger charge is -2.25. The second-order valence-corrected chi connectivity index (χ2v) is 8.73. The molecule has 2 fully saturated rings. The summed E-state index contributed by atoms with van der Waals surface area (Å²) in [6.45, 7) is 0. The van der Waals surface area contributed by atoms with E-state index in [4.69, 9.17) is 5.26 Å². The average molecular weight is 358 g/mol. The van der Waals surface area contributed by atoms with Crippen molar-refractivity contribution in [1.82, 2.24) is 5.32 Å². The molecule has 2 saturated carbocycles. The van der Waals surface area contributed by atoms with Gasteiger partial charge in [0.05, 0.1) is 16.4 Å². The quantitative estimate of drug-likeness (QED) is 0.820. The summed E-state index contributed by atoms with van der Waals surface area (Å²) >= 11 is 0. The minimum atomic E-state index is -3.61. The van der Waals surface area contributed by atoms with E-state index in [1.54, 1.807) is 18.2 Å². The molecule has 1 N–H and O–H groups in total.